The number of carbonyl (C=O) groups is 1. The lowest BCUT2D eigenvalue weighted by Gasteiger charge is -2.36. The van der Waals surface area contributed by atoms with Gasteiger partial charge in [-0.1, -0.05) is 17.7 Å². The van der Waals surface area contributed by atoms with Crippen LogP contribution in [0.25, 0.3) is 0 Å². The van der Waals surface area contributed by atoms with Gasteiger partial charge in [-0.25, -0.2) is 0 Å². The molecule has 23 heavy (non-hydrogen) atoms. The summed E-state index contributed by atoms with van der Waals surface area (Å²) in [5.74, 6) is 0.0823. The van der Waals surface area contributed by atoms with Crippen molar-refractivity contribution in [2.75, 3.05) is 31.1 Å². The second kappa shape index (κ2) is 6.24. The number of benzene rings is 1. The van der Waals surface area contributed by atoms with Crippen molar-refractivity contribution in [1.82, 2.24) is 14.7 Å². The van der Waals surface area contributed by atoms with Crippen LogP contribution in [0, 0.1) is 13.8 Å². The number of piperazine rings is 1. The van der Waals surface area contributed by atoms with Crippen LogP contribution in [0.2, 0.25) is 5.02 Å². The average Bonchev–Trinajstić information content (AvgIpc) is 2.79. The normalized spacial score (nSPS) is 15.1. The van der Waals surface area contributed by atoms with E-state index in [1.54, 1.807) is 4.68 Å². The molecule has 0 spiro atoms. The Labute approximate surface area is 141 Å². The van der Waals surface area contributed by atoms with Crippen LogP contribution in [0.15, 0.2) is 24.3 Å². The molecule has 1 amide bonds. The van der Waals surface area contributed by atoms with Gasteiger partial charge in [-0.05, 0) is 32.0 Å². The Balaban J connectivity index is 1.70. The highest BCUT2D eigenvalue weighted by molar-refractivity contribution is 6.30. The standard InChI is InChI=1S/C17H21ClN4O/c1-12-16(13(2)20(3)19-12)17(23)22-9-7-21(8-10-22)15-6-4-5-14(18)11-15/h4-6,11H,7-10H2,1-3H3. The third-order valence-corrected chi connectivity index (χ3v) is 4.70. The molecule has 1 saturated heterocycles. The zero-order valence-electron chi connectivity index (χ0n) is 13.7. The average molecular weight is 333 g/mol. The van der Waals surface area contributed by atoms with Crippen LogP contribution in [0.1, 0.15) is 21.7 Å². The number of hydrogen-bond donors (Lipinski definition) is 0. The number of rotatable bonds is 2. The molecule has 0 N–H and O–H groups in total. The minimum absolute atomic E-state index is 0.0823. The van der Waals surface area contributed by atoms with Gasteiger partial charge in [0.15, 0.2) is 0 Å². The summed E-state index contributed by atoms with van der Waals surface area (Å²) in [6.45, 7) is 6.87. The molecular weight excluding hydrogens is 312 g/mol. The van der Waals surface area contributed by atoms with Gasteiger partial charge in [-0.3, -0.25) is 9.48 Å². The van der Waals surface area contributed by atoms with Gasteiger partial charge in [0.2, 0.25) is 0 Å². The summed E-state index contributed by atoms with van der Waals surface area (Å²) in [4.78, 5) is 17.0. The van der Waals surface area contributed by atoms with Gasteiger partial charge in [0.1, 0.15) is 0 Å². The van der Waals surface area contributed by atoms with E-state index < -0.39 is 0 Å². The van der Waals surface area contributed by atoms with Gasteiger partial charge in [0, 0.05) is 49.6 Å². The van der Waals surface area contributed by atoms with E-state index >= 15 is 0 Å². The summed E-state index contributed by atoms with van der Waals surface area (Å²) in [5.41, 5.74) is 3.57. The molecule has 1 aromatic carbocycles. The summed E-state index contributed by atoms with van der Waals surface area (Å²) in [7, 11) is 1.87. The van der Waals surface area contributed by atoms with Crippen molar-refractivity contribution in [2.45, 2.75) is 13.8 Å². The molecule has 1 aliphatic heterocycles. The summed E-state index contributed by atoms with van der Waals surface area (Å²) in [6.07, 6.45) is 0. The Morgan fingerprint density at radius 1 is 1.17 bits per heavy atom. The highest BCUT2D eigenvalue weighted by Gasteiger charge is 2.26. The van der Waals surface area contributed by atoms with Crippen LogP contribution in [-0.4, -0.2) is 46.8 Å². The van der Waals surface area contributed by atoms with Crippen LogP contribution in [0.4, 0.5) is 5.69 Å². The molecule has 0 saturated carbocycles. The maximum Gasteiger partial charge on any atom is 0.257 e. The number of amides is 1. The molecular formula is C17H21ClN4O. The second-order valence-electron chi connectivity index (χ2n) is 5.93. The lowest BCUT2D eigenvalue weighted by Crippen LogP contribution is -2.49. The first-order valence-electron chi connectivity index (χ1n) is 7.77. The van der Waals surface area contributed by atoms with E-state index in [9.17, 15) is 4.79 Å². The molecule has 0 radical (unpaired) electrons. The molecule has 2 aromatic rings. The van der Waals surface area contributed by atoms with Crippen molar-refractivity contribution in [3.05, 3.63) is 46.2 Å². The highest BCUT2D eigenvalue weighted by atomic mass is 35.5. The molecule has 0 unspecified atom stereocenters. The summed E-state index contributed by atoms with van der Waals surface area (Å²) >= 11 is 6.06. The molecule has 122 valence electrons. The van der Waals surface area contributed by atoms with Crippen LogP contribution in [0.3, 0.4) is 0 Å². The zero-order chi connectivity index (χ0) is 16.6. The minimum atomic E-state index is 0.0823. The van der Waals surface area contributed by atoms with Gasteiger partial charge in [-0.15, -0.1) is 0 Å². The lowest BCUT2D eigenvalue weighted by atomic mass is 10.1. The van der Waals surface area contributed by atoms with E-state index in [0.29, 0.717) is 13.1 Å². The SMILES string of the molecule is Cc1nn(C)c(C)c1C(=O)N1CCN(c2cccc(Cl)c2)CC1. The Kier molecular flexibility index (Phi) is 4.31. The number of hydrogen-bond acceptors (Lipinski definition) is 3. The number of aromatic nitrogens is 2. The van der Waals surface area contributed by atoms with Gasteiger partial charge in [-0.2, -0.15) is 5.10 Å². The molecule has 0 atom stereocenters. The molecule has 5 nitrogen and oxygen atoms in total. The Hall–Kier alpha value is -2.01. The zero-order valence-corrected chi connectivity index (χ0v) is 14.5. The maximum absolute atomic E-state index is 12.8. The van der Waals surface area contributed by atoms with Crippen LogP contribution < -0.4 is 4.90 Å². The first-order valence-corrected chi connectivity index (χ1v) is 8.15. The second-order valence-corrected chi connectivity index (χ2v) is 6.36. The molecule has 1 fully saturated rings. The first-order chi connectivity index (χ1) is 11.0. The topological polar surface area (TPSA) is 41.4 Å². The third kappa shape index (κ3) is 3.06. The maximum atomic E-state index is 12.8. The predicted octanol–water partition coefficient (Wildman–Crippen LogP) is 2.65. The molecule has 6 heteroatoms. The molecule has 2 heterocycles. The predicted molar refractivity (Wildman–Crippen MR) is 92.3 cm³/mol. The largest absolute Gasteiger partial charge is 0.368 e. The van der Waals surface area contributed by atoms with Gasteiger partial charge in [0.25, 0.3) is 5.91 Å². The fourth-order valence-corrected chi connectivity index (χ4v) is 3.27. The number of aryl methyl sites for hydroxylation is 2. The van der Waals surface area contributed by atoms with Gasteiger partial charge < -0.3 is 9.80 Å². The Bertz CT molecular complexity index is 732. The van der Waals surface area contributed by atoms with E-state index in [1.165, 1.54) is 0 Å². The Morgan fingerprint density at radius 2 is 1.87 bits per heavy atom. The Morgan fingerprint density at radius 3 is 2.43 bits per heavy atom. The van der Waals surface area contributed by atoms with Crippen molar-refractivity contribution in [2.24, 2.45) is 7.05 Å². The minimum Gasteiger partial charge on any atom is -0.368 e. The first kappa shape index (κ1) is 15.9. The monoisotopic (exact) mass is 332 g/mol. The van der Waals surface area contributed by atoms with E-state index in [-0.39, 0.29) is 5.91 Å². The fourth-order valence-electron chi connectivity index (χ4n) is 3.08. The van der Waals surface area contributed by atoms with Crippen molar-refractivity contribution in [1.29, 1.82) is 0 Å². The van der Waals surface area contributed by atoms with E-state index in [2.05, 4.69) is 16.1 Å². The highest BCUT2D eigenvalue weighted by Crippen LogP contribution is 2.22. The smallest absolute Gasteiger partial charge is 0.257 e. The molecule has 1 aromatic heterocycles. The van der Waals surface area contributed by atoms with Gasteiger partial charge in [0.05, 0.1) is 11.3 Å². The lowest BCUT2D eigenvalue weighted by molar-refractivity contribution is 0.0745. The van der Waals surface area contributed by atoms with Crippen molar-refractivity contribution in [3.8, 4) is 0 Å². The quantitative estimate of drug-likeness (QED) is 0.849. The molecule has 3 rings (SSSR count). The van der Waals surface area contributed by atoms with Crippen LogP contribution >= 0.6 is 11.6 Å². The summed E-state index contributed by atoms with van der Waals surface area (Å²) in [5, 5.41) is 5.08. The summed E-state index contributed by atoms with van der Waals surface area (Å²) in [6, 6.07) is 7.85. The number of carbonyl (C=O) groups excluding carboxylic acids is 1. The van der Waals surface area contributed by atoms with Crippen molar-refractivity contribution >= 4 is 23.2 Å². The van der Waals surface area contributed by atoms with Crippen molar-refractivity contribution < 1.29 is 4.79 Å². The summed E-state index contributed by atoms with van der Waals surface area (Å²) < 4.78 is 1.77. The van der Waals surface area contributed by atoms with Crippen molar-refractivity contribution in [3.63, 3.8) is 0 Å². The van der Waals surface area contributed by atoms with E-state index in [1.807, 2.05) is 44.0 Å². The third-order valence-electron chi connectivity index (χ3n) is 4.46. The number of nitrogens with zero attached hydrogens (tertiary/aromatic N) is 4. The van der Waals surface area contributed by atoms with Crippen LogP contribution in [0.5, 0.6) is 0 Å². The van der Waals surface area contributed by atoms with Crippen LogP contribution in [-0.2, 0) is 7.05 Å². The fraction of sp³-hybridized carbons (Fsp3) is 0.412. The number of halogens is 1. The van der Waals surface area contributed by atoms with Gasteiger partial charge >= 0.3 is 0 Å². The molecule has 1 aliphatic rings. The number of anilines is 1. The molecule has 0 bridgehead atoms. The van der Waals surface area contributed by atoms with E-state index in [4.69, 9.17) is 11.6 Å². The van der Waals surface area contributed by atoms with E-state index in [0.717, 1.165) is 40.8 Å². The molecule has 0 aliphatic carbocycles.